The molecule has 0 aliphatic carbocycles. The smallest absolute Gasteiger partial charge is 0.323 e. The van der Waals surface area contributed by atoms with Gasteiger partial charge in [-0.2, -0.15) is 0 Å². The van der Waals surface area contributed by atoms with Crippen molar-refractivity contribution < 1.29 is 34.2 Å². The van der Waals surface area contributed by atoms with Crippen LogP contribution in [-0.2, 0) is 19.2 Å². The van der Waals surface area contributed by atoms with Gasteiger partial charge in [0.1, 0.15) is 18.4 Å². The fraction of sp³-hybridized carbons (Fsp3) is 0.368. The number of amides is 3. The van der Waals surface area contributed by atoms with Crippen LogP contribution < -0.4 is 11.1 Å². The highest BCUT2D eigenvalue weighted by molar-refractivity contribution is 5.99. The number of amidine groups is 1. The third-order valence-electron chi connectivity index (χ3n) is 4.72. The topological polar surface area (TPSA) is 194 Å². The summed E-state index contributed by atoms with van der Waals surface area (Å²) in [4.78, 5) is 61.6. The SMILES string of the molecule is N=C(N)c1ccc(C(=O)NCC(=O)N2CCN(CC(=O)O)C(=O)[C@@H]2CCC(=O)O)cc1. The van der Waals surface area contributed by atoms with Gasteiger partial charge in [-0.05, 0) is 18.6 Å². The largest absolute Gasteiger partial charge is 0.481 e. The Morgan fingerprint density at radius 2 is 1.68 bits per heavy atom. The zero-order valence-electron chi connectivity index (χ0n) is 16.5. The van der Waals surface area contributed by atoms with Gasteiger partial charge in [-0.25, -0.2) is 0 Å². The molecule has 166 valence electrons. The lowest BCUT2D eigenvalue weighted by molar-refractivity contribution is -0.156. The summed E-state index contributed by atoms with van der Waals surface area (Å²) in [6.45, 7) is -0.966. The molecule has 1 saturated heterocycles. The first-order chi connectivity index (χ1) is 14.6. The van der Waals surface area contributed by atoms with E-state index in [-0.39, 0.29) is 37.3 Å². The molecular weight excluding hydrogens is 410 g/mol. The van der Waals surface area contributed by atoms with Crippen LogP contribution in [0.4, 0.5) is 0 Å². The molecule has 12 heteroatoms. The number of carbonyl (C=O) groups excluding carboxylic acids is 3. The van der Waals surface area contributed by atoms with Gasteiger partial charge in [0.25, 0.3) is 5.91 Å². The van der Waals surface area contributed by atoms with Crippen molar-refractivity contribution in [2.75, 3.05) is 26.2 Å². The molecule has 31 heavy (non-hydrogen) atoms. The fourth-order valence-electron chi connectivity index (χ4n) is 3.16. The Morgan fingerprint density at radius 3 is 2.23 bits per heavy atom. The van der Waals surface area contributed by atoms with Crippen molar-refractivity contribution in [1.29, 1.82) is 5.41 Å². The Kier molecular flexibility index (Phi) is 7.66. The first-order valence-corrected chi connectivity index (χ1v) is 9.34. The summed E-state index contributed by atoms with van der Waals surface area (Å²) >= 11 is 0. The number of carbonyl (C=O) groups is 5. The minimum Gasteiger partial charge on any atom is -0.481 e. The lowest BCUT2D eigenvalue weighted by Gasteiger charge is -2.40. The van der Waals surface area contributed by atoms with Crippen molar-refractivity contribution in [3.63, 3.8) is 0 Å². The maximum Gasteiger partial charge on any atom is 0.323 e. The van der Waals surface area contributed by atoms with E-state index >= 15 is 0 Å². The average Bonchev–Trinajstić information content (AvgIpc) is 2.71. The van der Waals surface area contributed by atoms with Crippen molar-refractivity contribution in [2.24, 2.45) is 5.73 Å². The highest BCUT2D eigenvalue weighted by Crippen LogP contribution is 2.17. The van der Waals surface area contributed by atoms with Crippen LogP contribution in [0.15, 0.2) is 24.3 Å². The lowest BCUT2D eigenvalue weighted by Crippen LogP contribution is -2.60. The average molecular weight is 433 g/mol. The van der Waals surface area contributed by atoms with E-state index in [1.807, 2.05) is 0 Å². The molecule has 1 fully saturated rings. The van der Waals surface area contributed by atoms with E-state index in [0.29, 0.717) is 5.56 Å². The molecule has 1 aromatic rings. The minimum absolute atomic E-state index is 0.0130. The van der Waals surface area contributed by atoms with E-state index in [2.05, 4.69) is 5.32 Å². The molecule has 12 nitrogen and oxygen atoms in total. The number of aliphatic carboxylic acids is 2. The van der Waals surface area contributed by atoms with Gasteiger partial charge in [0.2, 0.25) is 11.8 Å². The predicted molar refractivity (Wildman–Crippen MR) is 106 cm³/mol. The third kappa shape index (κ3) is 6.26. The summed E-state index contributed by atoms with van der Waals surface area (Å²) < 4.78 is 0. The van der Waals surface area contributed by atoms with E-state index in [9.17, 15) is 24.0 Å². The molecule has 0 saturated carbocycles. The molecule has 0 spiro atoms. The normalized spacial score (nSPS) is 16.0. The number of benzene rings is 1. The number of nitrogens with zero attached hydrogens (tertiary/aromatic N) is 2. The summed E-state index contributed by atoms with van der Waals surface area (Å²) in [5.41, 5.74) is 6.03. The highest BCUT2D eigenvalue weighted by atomic mass is 16.4. The summed E-state index contributed by atoms with van der Waals surface area (Å²) in [6, 6.07) is 4.74. The van der Waals surface area contributed by atoms with E-state index in [4.69, 9.17) is 21.4 Å². The minimum atomic E-state index is -1.21. The Balaban J connectivity index is 2.04. The molecule has 6 N–H and O–H groups in total. The van der Waals surface area contributed by atoms with Gasteiger partial charge in [0.05, 0.1) is 6.54 Å². The van der Waals surface area contributed by atoms with Gasteiger partial charge in [-0.15, -0.1) is 0 Å². The highest BCUT2D eigenvalue weighted by Gasteiger charge is 2.38. The van der Waals surface area contributed by atoms with Gasteiger partial charge < -0.3 is 31.1 Å². The standard InChI is InChI=1S/C19H23N5O7/c20-17(21)11-1-3-12(4-2-11)18(30)22-9-14(25)24-8-7-23(10-16(28)29)19(31)13(24)5-6-15(26)27/h1-4,13H,5-10H2,(H3,20,21)(H,22,30)(H,26,27)(H,28,29)/t13-/m0/s1. The molecule has 1 heterocycles. The second-order valence-corrected chi connectivity index (χ2v) is 6.86. The lowest BCUT2D eigenvalue weighted by atomic mass is 10.0. The van der Waals surface area contributed by atoms with Crippen LogP contribution in [0.5, 0.6) is 0 Å². The molecular formula is C19H23N5O7. The fourth-order valence-corrected chi connectivity index (χ4v) is 3.16. The van der Waals surface area contributed by atoms with E-state index in [1.165, 1.54) is 29.2 Å². The summed E-state index contributed by atoms with van der Waals surface area (Å²) in [5, 5.41) is 27.6. The van der Waals surface area contributed by atoms with Gasteiger partial charge in [0.15, 0.2) is 0 Å². The molecule has 1 aliphatic heterocycles. The number of hydrogen-bond acceptors (Lipinski definition) is 6. The molecule has 0 aromatic heterocycles. The first kappa shape index (κ1) is 23.3. The van der Waals surface area contributed by atoms with Crippen LogP contribution in [0, 0.1) is 5.41 Å². The van der Waals surface area contributed by atoms with Crippen LogP contribution in [0.2, 0.25) is 0 Å². The van der Waals surface area contributed by atoms with E-state index < -0.39 is 48.8 Å². The number of nitrogen functional groups attached to an aromatic ring is 1. The molecule has 3 amide bonds. The molecule has 1 aromatic carbocycles. The number of piperazine rings is 1. The Bertz CT molecular complexity index is 899. The quantitative estimate of drug-likeness (QED) is 0.234. The number of nitrogens with one attached hydrogen (secondary N) is 2. The predicted octanol–water partition coefficient (Wildman–Crippen LogP) is -1.31. The first-order valence-electron chi connectivity index (χ1n) is 9.34. The Morgan fingerprint density at radius 1 is 1.06 bits per heavy atom. The Labute approximate surface area is 177 Å². The number of carboxylic acids is 2. The van der Waals surface area contributed by atoms with Gasteiger partial charge in [0, 0.05) is 30.6 Å². The van der Waals surface area contributed by atoms with Crippen molar-refractivity contribution >= 4 is 35.5 Å². The van der Waals surface area contributed by atoms with Crippen molar-refractivity contribution in [1.82, 2.24) is 15.1 Å². The van der Waals surface area contributed by atoms with Crippen molar-refractivity contribution in [3.8, 4) is 0 Å². The van der Waals surface area contributed by atoms with Crippen LogP contribution in [0.25, 0.3) is 0 Å². The van der Waals surface area contributed by atoms with Gasteiger partial charge in [-0.3, -0.25) is 29.4 Å². The summed E-state index contributed by atoms with van der Waals surface area (Å²) in [7, 11) is 0. The second-order valence-electron chi connectivity index (χ2n) is 6.86. The zero-order valence-corrected chi connectivity index (χ0v) is 16.5. The molecule has 0 radical (unpaired) electrons. The van der Waals surface area contributed by atoms with Gasteiger partial charge in [-0.1, -0.05) is 12.1 Å². The maximum atomic E-state index is 12.6. The monoisotopic (exact) mass is 433 g/mol. The summed E-state index contributed by atoms with van der Waals surface area (Å²) in [5.74, 6) is -4.31. The molecule has 1 aliphatic rings. The second kappa shape index (κ2) is 10.2. The van der Waals surface area contributed by atoms with Crippen molar-refractivity contribution in [3.05, 3.63) is 35.4 Å². The van der Waals surface area contributed by atoms with Crippen LogP contribution in [-0.4, -0.2) is 87.7 Å². The van der Waals surface area contributed by atoms with Crippen molar-refractivity contribution in [2.45, 2.75) is 18.9 Å². The number of hydrogen-bond donors (Lipinski definition) is 5. The van der Waals surface area contributed by atoms with Crippen LogP contribution in [0.1, 0.15) is 28.8 Å². The Hall–Kier alpha value is -3.96. The molecule has 1 atom stereocenters. The van der Waals surface area contributed by atoms with E-state index in [1.54, 1.807) is 0 Å². The van der Waals surface area contributed by atoms with Crippen LogP contribution in [0.3, 0.4) is 0 Å². The number of rotatable bonds is 9. The molecule has 0 bridgehead atoms. The number of carboxylic acid groups (broad SMARTS) is 2. The third-order valence-corrected chi connectivity index (χ3v) is 4.72. The van der Waals surface area contributed by atoms with Gasteiger partial charge >= 0.3 is 11.9 Å². The van der Waals surface area contributed by atoms with Crippen LogP contribution >= 0.6 is 0 Å². The zero-order chi connectivity index (χ0) is 23.1. The molecule has 0 unspecified atom stereocenters. The number of nitrogens with two attached hydrogens (primary N) is 1. The maximum absolute atomic E-state index is 12.6. The summed E-state index contributed by atoms with van der Waals surface area (Å²) in [6.07, 6.45) is -0.549. The van der Waals surface area contributed by atoms with E-state index in [0.717, 1.165) is 4.90 Å². The molecule has 2 rings (SSSR count).